The van der Waals surface area contributed by atoms with Gasteiger partial charge >= 0.3 is 0 Å². The van der Waals surface area contributed by atoms with Crippen LogP contribution in [0.1, 0.15) is 34.1 Å². The van der Waals surface area contributed by atoms with Crippen LogP contribution < -0.4 is 25.1 Å². The molecule has 0 aliphatic heterocycles. The molecule has 0 heterocycles. The first-order valence-corrected chi connectivity index (χ1v) is 8.14. The average molecular weight is 358 g/mol. The molecule has 7 heteroatoms. The van der Waals surface area contributed by atoms with Crippen molar-refractivity contribution in [2.75, 3.05) is 20.8 Å². The second-order valence-electron chi connectivity index (χ2n) is 5.35. The summed E-state index contributed by atoms with van der Waals surface area (Å²) in [6, 6.07) is 11.3. The number of hydrogen-bond acceptors (Lipinski definition) is 5. The van der Waals surface area contributed by atoms with Gasteiger partial charge in [0.1, 0.15) is 5.75 Å². The van der Waals surface area contributed by atoms with Crippen LogP contribution in [0.15, 0.2) is 42.5 Å². The van der Waals surface area contributed by atoms with Gasteiger partial charge < -0.3 is 14.2 Å². The molecule has 0 spiro atoms. The number of carbonyl (C=O) groups is 2. The van der Waals surface area contributed by atoms with Crippen LogP contribution in [-0.2, 0) is 0 Å². The largest absolute Gasteiger partial charge is 0.497 e. The van der Waals surface area contributed by atoms with Crippen molar-refractivity contribution in [1.82, 2.24) is 10.9 Å². The van der Waals surface area contributed by atoms with Crippen molar-refractivity contribution in [3.63, 3.8) is 0 Å². The smallest absolute Gasteiger partial charge is 0.269 e. The van der Waals surface area contributed by atoms with E-state index in [1.165, 1.54) is 7.11 Å². The highest BCUT2D eigenvalue weighted by atomic mass is 16.5. The third-order valence-corrected chi connectivity index (χ3v) is 3.53. The second-order valence-corrected chi connectivity index (χ2v) is 5.35. The van der Waals surface area contributed by atoms with E-state index >= 15 is 0 Å². The molecule has 2 aromatic rings. The monoisotopic (exact) mass is 358 g/mol. The summed E-state index contributed by atoms with van der Waals surface area (Å²) in [6.45, 7) is 2.56. The van der Waals surface area contributed by atoms with Crippen LogP contribution in [0, 0.1) is 0 Å². The molecule has 0 saturated carbocycles. The minimum atomic E-state index is -0.466. The van der Waals surface area contributed by atoms with E-state index in [9.17, 15) is 9.59 Å². The summed E-state index contributed by atoms with van der Waals surface area (Å²) >= 11 is 0. The number of ether oxygens (including phenoxy) is 3. The van der Waals surface area contributed by atoms with Gasteiger partial charge in [-0.3, -0.25) is 20.4 Å². The fourth-order valence-corrected chi connectivity index (χ4v) is 2.14. The van der Waals surface area contributed by atoms with E-state index in [0.717, 1.165) is 6.42 Å². The SMILES string of the molecule is CCCOc1ccc(C(=O)NNC(=O)c2ccc(OC)cc2)cc1OC. The van der Waals surface area contributed by atoms with E-state index < -0.39 is 11.8 Å². The standard InChI is InChI=1S/C19H22N2O5/c1-4-11-26-16-10-7-14(12-17(16)25-3)19(23)21-20-18(22)13-5-8-15(24-2)9-6-13/h5-10,12H,4,11H2,1-3H3,(H,20,22)(H,21,23). The van der Waals surface area contributed by atoms with Gasteiger partial charge in [-0.15, -0.1) is 0 Å². The molecule has 0 aliphatic rings. The predicted molar refractivity (Wildman–Crippen MR) is 96.7 cm³/mol. The highest BCUT2D eigenvalue weighted by Crippen LogP contribution is 2.28. The summed E-state index contributed by atoms with van der Waals surface area (Å²) in [7, 11) is 3.05. The van der Waals surface area contributed by atoms with E-state index in [-0.39, 0.29) is 0 Å². The van der Waals surface area contributed by atoms with Crippen LogP contribution in [-0.4, -0.2) is 32.6 Å². The normalized spacial score (nSPS) is 9.96. The summed E-state index contributed by atoms with van der Waals surface area (Å²) in [5, 5.41) is 0. The Morgan fingerprint density at radius 1 is 0.846 bits per heavy atom. The van der Waals surface area contributed by atoms with Gasteiger partial charge in [-0.05, 0) is 48.9 Å². The highest BCUT2D eigenvalue weighted by molar-refractivity contribution is 5.99. The number of hydrogen-bond donors (Lipinski definition) is 2. The van der Waals surface area contributed by atoms with Gasteiger partial charge in [0.15, 0.2) is 11.5 Å². The molecule has 0 radical (unpaired) electrons. The van der Waals surface area contributed by atoms with Gasteiger partial charge in [0.25, 0.3) is 11.8 Å². The summed E-state index contributed by atoms with van der Waals surface area (Å²) in [6.07, 6.45) is 0.864. The molecule has 0 aromatic heterocycles. The van der Waals surface area contributed by atoms with Crippen LogP contribution in [0.5, 0.6) is 17.2 Å². The third kappa shape index (κ3) is 4.89. The fourth-order valence-electron chi connectivity index (χ4n) is 2.14. The third-order valence-electron chi connectivity index (χ3n) is 3.53. The molecule has 0 bridgehead atoms. The minimum absolute atomic E-state index is 0.334. The first-order chi connectivity index (χ1) is 12.6. The second kappa shape index (κ2) is 9.31. The Labute approximate surface area is 152 Å². The maximum atomic E-state index is 12.2. The van der Waals surface area contributed by atoms with E-state index in [1.807, 2.05) is 6.92 Å². The van der Waals surface area contributed by atoms with Crippen LogP contribution in [0.25, 0.3) is 0 Å². The number of carbonyl (C=O) groups excluding carboxylic acids is 2. The molecule has 0 atom stereocenters. The Morgan fingerprint density at radius 2 is 1.46 bits per heavy atom. The maximum Gasteiger partial charge on any atom is 0.269 e. The zero-order chi connectivity index (χ0) is 18.9. The molecule has 7 nitrogen and oxygen atoms in total. The molecule has 138 valence electrons. The zero-order valence-corrected chi connectivity index (χ0v) is 15.0. The van der Waals surface area contributed by atoms with Gasteiger partial charge in [0.2, 0.25) is 0 Å². The van der Waals surface area contributed by atoms with Gasteiger partial charge in [-0.1, -0.05) is 6.92 Å². The van der Waals surface area contributed by atoms with Gasteiger partial charge in [0.05, 0.1) is 20.8 Å². The average Bonchev–Trinajstić information content (AvgIpc) is 2.70. The number of nitrogens with one attached hydrogen (secondary N) is 2. The highest BCUT2D eigenvalue weighted by Gasteiger charge is 2.13. The molecule has 0 fully saturated rings. The van der Waals surface area contributed by atoms with Crippen molar-refractivity contribution in [3.8, 4) is 17.2 Å². The lowest BCUT2D eigenvalue weighted by atomic mass is 10.2. The lowest BCUT2D eigenvalue weighted by Gasteiger charge is -2.12. The topological polar surface area (TPSA) is 85.9 Å². The van der Waals surface area contributed by atoms with Gasteiger partial charge in [-0.2, -0.15) is 0 Å². The number of rotatable bonds is 7. The van der Waals surface area contributed by atoms with Crippen molar-refractivity contribution in [2.45, 2.75) is 13.3 Å². The number of benzene rings is 2. The summed E-state index contributed by atoms with van der Waals surface area (Å²) in [5.41, 5.74) is 5.47. The zero-order valence-electron chi connectivity index (χ0n) is 15.0. The van der Waals surface area contributed by atoms with E-state index in [2.05, 4.69) is 10.9 Å². The van der Waals surface area contributed by atoms with Crippen molar-refractivity contribution in [3.05, 3.63) is 53.6 Å². The van der Waals surface area contributed by atoms with Crippen molar-refractivity contribution in [1.29, 1.82) is 0 Å². The number of methoxy groups -OCH3 is 2. The Hall–Kier alpha value is -3.22. The Morgan fingerprint density at radius 3 is 2.04 bits per heavy atom. The Bertz CT molecular complexity index is 759. The molecule has 2 aromatic carbocycles. The predicted octanol–water partition coefficient (Wildman–Crippen LogP) is 2.57. The van der Waals surface area contributed by atoms with Crippen LogP contribution in [0.2, 0.25) is 0 Å². The summed E-state index contributed by atoms with van der Waals surface area (Å²) in [5.74, 6) is 0.756. The molecule has 2 rings (SSSR count). The van der Waals surface area contributed by atoms with Crippen molar-refractivity contribution in [2.24, 2.45) is 0 Å². The molecule has 2 N–H and O–H groups in total. The fraction of sp³-hybridized carbons (Fsp3) is 0.263. The minimum Gasteiger partial charge on any atom is -0.497 e. The molecule has 0 unspecified atom stereocenters. The lowest BCUT2D eigenvalue weighted by molar-refractivity contribution is 0.0846. The van der Waals surface area contributed by atoms with Crippen molar-refractivity contribution < 1.29 is 23.8 Å². The molecule has 0 saturated heterocycles. The molecule has 2 amide bonds. The Kier molecular flexibility index (Phi) is 6.84. The van der Waals surface area contributed by atoms with E-state index in [4.69, 9.17) is 14.2 Å². The number of amides is 2. The Balaban J connectivity index is 1.99. The van der Waals surface area contributed by atoms with Gasteiger partial charge in [0, 0.05) is 11.1 Å². The molecule has 0 aliphatic carbocycles. The van der Waals surface area contributed by atoms with Crippen molar-refractivity contribution >= 4 is 11.8 Å². The summed E-state index contributed by atoms with van der Waals surface area (Å²) < 4.78 is 15.8. The van der Waals surface area contributed by atoms with Crippen LogP contribution in [0.4, 0.5) is 0 Å². The lowest BCUT2D eigenvalue weighted by Crippen LogP contribution is -2.41. The quantitative estimate of drug-likeness (QED) is 0.743. The van der Waals surface area contributed by atoms with Crippen LogP contribution >= 0.6 is 0 Å². The summed E-state index contributed by atoms with van der Waals surface area (Å²) in [4.78, 5) is 24.3. The van der Waals surface area contributed by atoms with E-state index in [1.54, 1.807) is 49.6 Å². The molecule has 26 heavy (non-hydrogen) atoms. The maximum absolute atomic E-state index is 12.2. The van der Waals surface area contributed by atoms with E-state index in [0.29, 0.717) is 35.0 Å². The van der Waals surface area contributed by atoms with Gasteiger partial charge in [-0.25, -0.2) is 0 Å². The number of hydrazine groups is 1. The first kappa shape index (κ1) is 19.1. The van der Waals surface area contributed by atoms with Crippen LogP contribution in [0.3, 0.4) is 0 Å². The molecular formula is C19H22N2O5. The first-order valence-electron chi connectivity index (χ1n) is 8.14. The molecular weight excluding hydrogens is 336 g/mol.